The zero-order chi connectivity index (χ0) is 18.4. The number of phenols is 1. The number of phenolic OH excluding ortho intramolecular Hbond substituents is 1. The van der Waals surface area contributed by atoms with Crippen LogP contribution >= 0.6 is 0 Å². The highest BCUT2D eigenvalue weighted by Crippen LogP contribution is 2.27. The number of hydrogen-bond donors (Lipinski definition) is 2. The molecule has 0 radical (unpaired) electrons. The molecule has 0 spiro atoms. The molecule has 0 fully saturated rings. The van der Waals surface area contributed by atoms with E-state index in [4.69, 9.17) is 0 Å². The van der Waals surface area contributed by atoms with Crippen molar-refractivity contribution in [3.8, 4) is 5.75 Å². The predicted octanol–water partition coefficient (Wildman–Crippen LogP) is 2.60. The van der Waals surface area contributed by atoms with Crippen molar-refractivity contribution in [2.45, 2.75) is 25.7 Å². The molecule has 1 aliphatic rings. The van der Waals surface area contributed by atoms with E-state index >= 15 is 0 Å². The van der Waals surface area contributed by atoms with Crippen molar-refractivity contribution in [3.05, 3.63) is 59.7 Å². The Balaban J connectivity index is 1.49. The second-order valence-corrected chi connectivity index (χ2v) is 6.16. The first-order valence-electron chi connectivity index (χ1n) is 8.63. The minimum Gasteiger partial charge on any atom is -0.508 e. The summed E-state index contributed by atoms with van der Waals surface area (Å²) < 4.78 is 0. The quantitative estimate of drug-likeness (QED) is 0.642. The summed E-state index contributed by atoms with van der Waals surface area (Å²) in [6.07, 6.45) is 3.64. The number of carbonyl (C=O) groups excluding carboxylic acids is 2. The van der Waals surface area contributed by atoms with Crippen LogP contribution in [0.15, 0.2) is 53.6 Å². The molecule has 134 valence electrons. The van der Waals surface area contributed by atoms with Gasteiger partial charge in [-0.15, -0.1) is 0 Å². The maximum Gasteiger partial charge on any atom is 0.240 e. The Hall–Kier alpha value is -3.15. The molecule has 2 N–H and O–H groups in total. The van der Waals surface area contributed by atoms with Crippen LogP contribution in [0.3, 0.4) is 0 Å². The summed E-state index contributed by atoms with van der Waals surface area (Å²) in [7, 11) is 0. The lowest BCUT2D eigenvalue weighted by atomic mass is 10.0. The first kappa shape index (κ1) is 17.7. The van der Waals surface area contributed by atoms with Crippen molar-refractivity contribution >= 4 is 23.7 Å². The predicted molar refractivity (Wildman–Crippen MR) is 100 cm³/mol. The number of aromatic hydroxyl groups is 1. The fraction of sp³-hybridized carbons (Fsp3) is 0.250. The maximum atomic E-state index is 12.5. The van der Waals surface area contributed by atoms with Crippen LogP contribution in [0, 0.1) is 0 Å². The van der Waals surface area contributed by atoms with E-state index < -0.39 is 0 Å². The standard InChI is InChI=1S/C20H21N3O3/c24-17-9-7-15(8-10-17)14-21-22-19(25)11-12-20(26)23-13-3-5-16-4-1-2-6-18(16)23/h1-2,4,6-10,14,24H,3,5,11-13H2,(H,22,25)/b21-14+. The summed E-state index contributed by atoms with van der Waals surface area (Å²) >= 11 is 0. The number of para-hydroxylation sites is 1. The van der Waals surface area contributed by atoms with Gasteiger partial charge in [0.15, 0.2) is 0 Å². The second kappa shape index (κ2) is 8.29. The Morgan fingerprint density at radius 1 is 1.12 bits per heavy atom. The lowest BCUT2D eigenvalue weighted by Gasteiger charge is -2.29. The highest BCUT2D eigenvalue weighted by Gasteiger charge is 2.22. The van der Waals surface area contributed by atoms with Crippen molar-refractivity contribution in [2.75, 3.05) is 11.4 Å². The van der Waals surface area contributed by atoms with E-state index in [-0.39, 0.29) is 30.4 Å². The van der Waals surface area contributed by atoms with Gasteiger partial charge in [0.2, 0.25) is 11.8 Å². The normalized spacial score (nSPS) is 13.5. The molecule has 0 aliphatic carbocycles. The summed E-state index contributed by atoms with van der Waals surface area (Å²) in [6.45, 7) is 0.691. The number of nitrogens with zero attached hydrogens (tertiary/aromatic N) is 2. The van der Waals surface area contributed by atoms with Crippen LogP contribution in [-0.2, 0) is 16.0 Å². The molecule has 0 saturated carbocycles. The van der Waals surface area contributed by atoms with Gasteiger partial charge in [0.05, 0.1) is 6.21 Å². The number of hydrazone groups is 1. The number of amides is 2. The van der Waals surface area contributed by atoms with Gasteiger partial charge in [-0.25, -0.2) is 5.43 Å². The van der Waals surface area contributed by atoms with E-state index in [9.17, 15) is 14.7 Å². The average molecular weight is 351 g/mol. The van der Waals surface area contributed by atoms with Crippen molar-refractivity contribution < 1.29 is 14.7 Å². The van der Waals surface area contributed by atoms with Crippen LogP contribution in [0.2, 0.25) is 0 Å². The van der Waals surface area contributed by atoms with Crippen molar-refractivity contribution in [2.24, 2.45) is 5.10 Å². The minimum absolute atomic E-state index is 0.0465. The number of anilines is 1. The number of aryl methyl sites for hydroxylation is 1. The highest BCUT2D eigenvalue weighted by atomic mass is 16.3. The van der Waals surface area contributed by atoms with E-state index in [2.05, 4.69) is 10.5 Å². The molecule has 0 unspecified atom stereocenters. The van der Waals surface area contributed by atoms with Crippen LogP contribution in [0.1, 0.15) is 30.4 Å². The number of benzene rings is 2. The average Bonchev–Trinajstić information content (AvgIpc) is 2.67. The topological polar surface area (TPSA) is 82.0 Å². The third-order valence-corrected chi connectivity index (χ3v) is 4.27. The Morgan fingerprint density at radius 3 is 2.69 bits per heavy atom. The third-order valence-electron chi connectivity index (χ3n) is 4.27. The number of rotatable bonds is 5. The molecule has 2 aromatic rings. The summed E-state index contributed by atoms with van der Waals surface area (Å²) in [4.78, 5) is 26.1. The van der Waals surface area contributed by atoms with Gasteiger partial charge in [-0.3, -0.25) is 9.59 Å². The lowest BCUT2D eigenvalue weighted by molar-refractivity contribution is -0.125. The summed E-state index contributed by atoms with van der Waals surface area (Å²) in [5.41, 5.74) is 5.30. The smallest absolute Gasteiger partial charge is 0.240 e. The fourth-order valence-corrected chi connectivity index (χ4v) is 2.94. The molecule has 3 rings (SSSR count). The monoisotopic (exact) mass is 351 g/mol. The van der Waals surface area contributed by atoms with Gasteiger partial charge in [0, 0.05) is 25.1 Å². The van der Waals surface area contributed by atoms with Gasteiger partial charge in [0.25, 0.3) is 0 Å². The molecule has 0 atom stereocenters. The first-order chi connectivity index (χ1) is 12.6. The Kier molecular flexibility index (Phi) is 5.63. The number of carbonyl (C=O) groups is 2. The van der Waals surface area contributed by atoms with Gasteiger partial charge < -0.3 is 10.0 Å². The molecule has 2 amide bonds. The largest absolute Gasteiger partial charge is 0.508 e. The van der Waals surface area contributed by atoms with E-state index in [1.54, 1.807) is 17.0 Å². The summed E-state index contributed by atoms with van der Waals surface area (Å²) in [5, 5.41) is 13.1. The molecular weight excluding hydrogens is 330 g/mol. The zero-order valence-electron chi connectivity index (χ0n) is 14.4. The Morgan fingerprint density at radius 2 is 1.88 bits per heavy atom. The van der Waals surface area contributed by atoms with Gasteiger partial charge in [0.1, 0.15) is 5.75 Å². The fourth-order valence-electron chi connectivity index (χ4n) is 2.94. The first-order valence-corrected chi connectivity index (χ1v) is 8.63. The molecule has 0 saturated heterocycles. The van der Waals surface area contributed by atoms with Crippen LogP contribution < -0.4 is 10.3 Å². The SMILES string of the molecule is O=C(CCC(=O)N1CCCc2ccccc21)N/N=C/c1ccc(O)cc1. The lowest BCUT2D eigenvalue weighted by Crippen LogP contribution is -2.36. The Bertz CT molecular complexity index is 815. The molecule has 26 heavy (non-hydrogen) atoms. The van der Waals surface area contributed by atoms with Crippen LogP contribution in [0.25, 0.3) is 0 Å². The second-order valence-electron chi connectivity index (χ2n) is 6.16. The molecule has 6 nitrogen and oxygen atoms in total. The van der Waals surface area contributed by atoms with E-state index in [1.807, 2.05) is 24.3 Å². The van der Waals surface area contributed by atoms with Crippen molar-refractivity contribution in [3.63, 3.8) is 0 Å². The molecular formula is C20H21N3O3. The highest BCUT2D eigenvalue weighted by molar-refractivity contribution is 5.96. The van der Waals surface area contributed by atoms with Gasteiger partial charge >= 0.3 is 0 Å². The number of fused-ring (bicyclic) bond motifs is 1. The zero-order valence-corrected chi connectivity index (χ0v) is 14.4. The van der Waals surface area contributed by atoms with Crippen LogP contribution in [-0.4, -0.2) is 29.7 Å². The molecule has 6 heteroatoms. The molecule has 0 bridgehead atoms. The van der Waals surface area contributed by atoms with Crippen LogP contribution in [0.5, 0.6) is 5.75 Å². The number of nitrogens with one attached hydrogen (secondary N) is 1. The van der Waals surface area contributed by atoms with Gasteiger partial charge in [-0.2, -0.15) is 5.10 Å². The van der Waals surface area contributed by atoms with E-state index in [0.29, 0.717) is 6.54 Å². The molecule has 1 heterocycles. The summed E-state index contributed by atoms with van der Waals surface area (Å²) in [5.74, 6) is -0.183. The van der Waals surface area contributed by atoms with Gasteiger partial charge in [-0.1, -0.05) is 18.2 Å². The molecule has 2 aromatic carbocycles. The van der Waals surface area contributed by atoms with Crippen molar-refractivity contribution in [1.29, 1.82) is 0 Å². The van der Waals surface area contributed by atoms with Crippen LogP contribution in [0.4, 0.5) is 5.69 Å². The molecule has 0 aromatic heterocycles. The minimum atomic E-state index is -0.307. The van der Waals surface area contributed by atoms with E-state index in [0.717, 1.165) is 24.1 Å². The molecule has 1 aliphatic heterocycles. The number of hydrogen-bond acceptors (Lipinski definition) is 4. The van der Waals surface area contributed by atoms with Crippen molar-refractivity contribution in [1.82, 2.24) is 5.43 Å². The van der Waals surface area contributed by atoms with Gasteiger partial charge in [-0.05, 0) is 54.3 Å². The third kappa shape index (κ3) is 4.47. The van der Waals surface area contributed by atoms with E-state index in [1.165, 1.54) is 23.9 Å². The summed E-state index contributed by atoms with van der Waals surface area (Å²) in [6, 6.07) is 14.3. The Labute approximate surface area is 152 Å². The maximum absolute atomic E-state index is 12.5.